The van der Waals surface area contributed by atoms with Crippen molar-refractivity contribution in [3.63, 3.8) is 0 Å². The zero-order chi connectivity index (χ0) is 16.4. The number of rotatable bonds is 8. The molecule has 1 saturated carbocycles. The maximum atomic E-state index is 12.2. The van der Waals surface area contributed by atoms with Crippen molar-refractivity contribution in [2.24, 2.45) is 22.6 Å². The number of aliphatic imine (C=N–C) groups is 1. The normalized spacial score (nSPS) is 18.3. The second-order valence-electron chi connectivity index (χ2n) is 6.74. The third-order valence-electron chi connectivity index (χ3n) is 4.33. The zero-order valence-corrected chi connectivity index (χ0v) is 14.5. The number of amides is 1. The summed E-state index contributed by atoms with van der Waals surface area (Å²) in [6.07, 6.45) is 8.54. The van der Waals surface area contributed by atoms with Gasteiger partial charge >= 0.3 is 0 Å². The first-order valence-electron chi connectivity index (χ1n) is 8.88. The van der Waals surface area contributed by atoms with E-state index in [9.17, 15) is 4.79 Å². The molecule has 0 heterocycles. The molecule has 4 N–H and O–H groups in total. The van der Waals surface area contributed by atoms with Gasteiger partial charge in [-0.2, -0.15) is 0 Å². The van der Waals surface area contributed by atoms with E-state index in [-0.39, 0.29) is 17.9 Å². The topological polar surface area (TPSA) is 79.5 Å². The van der Waals surface area contributed by atoms with Gasteiger partial charge in [-0.15, -0.1) is 0 Å². The van der Waals surface area contributed by atoms with Crippen molar-refractivity contribution >= 4 is 11.9 Å². The zero-order valence-electron chi connectivity index (χ0n) is 14.5. The minimum atomic E-state index is -0.313. The Morgan fingerprint density at radius 2 is 1.95 bits per heavy atom. The van der Waals surface area contributed by atoms with Crippen LogP contribution in [0.5, 0.6) is 0 Å². The molecule has 128 valence electrons. The summed E-state index contributed by atoms with van der Waals surface area (Å²) in [5.41, 5.74) is 5.98. The lowest BCUT2D eigenvalue weighted by molar-refractivity contribution is -0.123. The van der Waals surface area contributed by atoms with Crippen LogP contribution in [-0.2, 0) is 4.79 Å². The average Bonchev–Trinajstić information content (AvgIpc) is 2.51. The molecule has 1 atom stereocenters. The van der Waals surface area contributed by atoms with E-state index in [1.54, 1.807) is 0 Å². The molecule has 1 amide bonds. The molecule has 0 saturated heterocycles. The van der Waals surface area contributed by atoms with E-state index in [4.69, 9.17) is 5.73 Å². The number of nitrogens with two attached hydrogens (primary N) is 1. The first kappa shape index (κ1) is 18.8. The van der Waals surface area contributed by atoms with E-state index in [0.717, 1.165) is 25.9 Å². The summed E-state index contributed by atoms with van der Waals surface area (Å²) in [4.78, 5) is 16.7. The van der Waals surface area contributed by atoms with Crippen molar-refractivity contribution in [2.45, 2.75) is 71.8 Å². The summed E-state index contributed by atoms with van der Waals surface area (Å²) >= 11 is 0. The van der Waals surface area contributed by atoms with E-state index in [2.05, 4.69) is 22.5 Å². The minimum absolute atomic E-state index is 0.0132. The molecule has 1 aliphatic carbocycles. The summed E-state index contributed by atoms with van der Waals surface area (Å²) in [5, 5.41) is 6.06. The monoisotopic (exact) mass is 310 g/mol. The number of hydrogen-bond acceptors (Lipinski definition) is 2. The summed E-state index contributed by atoms with van der Waals surface area (Å²) in [6.45, 7) is 7.65. The van der Waals surface area contributed by atoms with Gasteiger partial charge in [-0.3, -0.25) is 9.79 Å². The average molecular weight is 310 g/mol. The van der Waals surface area contributed by atoms with Crippen LogP contribution in [0.25, 0.3) is 0 Å². The lowest BCUT2D eigenvalue weighted by atomic mass is 9.89. The Labute approximate surface area is 135 Å². The number of unbranched alkanes of at least 4 members (excludes halogenated alkanes) is 1. The summed E-state index contributed by atoms with van der Waals surface area (Å²) in [6, 6.07) is -0.313. The highest BCUT2D eigenvalue weighted by Gasteiger charge is 2.22. The molecule has 1 rings (SSSR count). The Morgan fingerprint density at radius 3 is 2.55 bits per heavy atom. The van der Waals surface area contributed by atoms with Crippen molar-refractivity contribution in [3.05, 3.63) is 0 Å². The molecule has 22 heavy (non-hydrogen) atoms. The molecule has 0 aromatic rings. The lowest BCUT2D eigenvalue weighted by Gasteiger charge is -2.23. The smallest absolute Gasteiger partial charge is 0.242 e. The molecule has 0 bridgehead atoms. The molecule has 5 heteroatoms. The molecule has 0 aliphatic heterocycles. The maximum Gasteiger partial charge on any atom is 0.242 e. The van der Waals surface area contributed by atoms with Crippen LogP contribution in [0.15, 0.2) is 4.99 Å². The third-order valence-corrected chi connectivity index (χ3v) is 4.33. The predicted molar refractivity (Wildman–Crippen MR) is 92.7 cm³/mol. The second kappa shape index (κ2) is 10.5. The highest BCUT2D eigenvalue weighted by molar-refractivity contribution is 5.88. The highest BCUT2D eigenvalue weighted by atomic mass is 16.2. The van der Waals surface area contributed by atoms with Crippen molar-refractivity contribution in [1.29, 1.82) is 0 Å². The quantitative estimate of drug-likeness (QED) is 0.366. The molecule has 0 unspecified atom stereocenters. The Morgan fingerprint density at radius 1 is 1.27 bits per heavy atom. The van der Waals surface area contributed by atoms with E-state index in [1.807, 2.05) is 13.8 Å². The van der Waals surface area contributed by atoms with Gasteiger partial charge in [0.15, 0.2) is 5.96 Å². The van der Waals surface area contributed by atoms with Gasteiger partial charge in [-0.25, -0.2) is 0 Å². The first-order valence-corrected chi connectivity index (χ1v) is 8.88. The summed E-state index contributed by atoms with van der Waals surface area (Å²) in [7, 11) is 0. The van der Waals surface area contributed by atoms with Crippen LogP contribution >= 0.6 is 0 Å². The number of carbonyl (C=O) groups is 1. The Balaban J connectivity index is 2.44. The van der Waals surface area contributed by atoms with Crippen molar-refractivity contribution in [3.8, 4) is 0 Å². The molecular formula is C17H34N4O. The van der Waals surface area contributed by atoms with Crippen LogP contribution in [0.1, 0.15) is 65.7 Å². The summed E-state index contributed by atoms with van der Waals surface area (Å²) in [5.74, 6) is 1.24. The highest BCUT2D eigenvalue weighted by Crippen LogP contribution is 2.23. The fraction of sp³-hybridized carbons (Fsp3) is 0.882. The van der Waals surface area contributed by atoms with Crippen molar-refractivity contribution in [2.75, 3.05) is 13.1 Å². The van der Waals surface area contributed by atoms with Crippen LogP contribution < -0.4 is 16.4 Å². The second-order valence-corrected chi connectivity index (χ2v) is 6.74. The number of guanidine groups is 1. The van der Waals surface area contributed by atoms with Crippen molar-refractivity contribution < 1.29 is 4.79 Å². The van der Waals surface area contributed by atoms with Gasteiger partial charge in [0.1, 0.15) is 6.04 Å². The number of carbonyl (C=O) groups excluding carboxylic acids is 1. The van der Waals surface area contributed by atoms with Crippen LogP contribution in [0.2, 0.25) is 0 Å². The molecule has 1 aliphatic rings. The van der Waals surface area contributed by atoms with Crippen LogP contribution in [0.4, 0.5) is 0 Å². The predicted octanol–water partition coefficient (Wildman–Crippen LogP) is 2.41. The van der Waals surface area contributed by atoms with Crippen molar-refractivity contribution in [1.82, 2.24) is 10.6 Å². The van der Waals surface area contributed by atoms with Gasteiger partial charge in [0.25, 0.3) is 0 Å². The van der Waals surface area contributed by atoms with Gasteiger partial charge in [0.05, 0.1) is 0 Å². The van der Waals surface area contributed by atoms with E-state index in [0.29, 0.717) is 11.9 Å². The molecule has 1 fully saturated rings. The molecule has 0 spiro atoms. The SMILES string of the molecule is CCCCNC(=O)[C@@H](NC(N)=NCC1CCCCC1)C(C)C. The van der Waals surface area contributed by atoms with Gasteiger partial charge in [0, 0.05) is 13.1 Å². The third kappa shape index (κ3) is 7.14. The minimum Gasteiger partial charge on any atom is -0.370 e. The molecule has 0 aromatic heterocycles. The van der Waals surface area contributed by atoms with Gasteiger partial charge in [-0.1, -0.05) is 46.5 Å². The Hall–Kier alpha value is -1.26. The van der Waals surface area contributed by atoms with E-state index >= 15 is 0 Å². The first-order chi connectivity index (χ1) is 10.5. The van der Waals surface area contributed by atoms with Gasteiger partial charge < -0.3 is 16.4 Å². The van der Waals surface area contributed by atoms with Gasteiger partial charge in [0.2, 0.25) is 5.91 Å². The molecular weight excluding hydrogens is 276 g/mol. The molecule has 5 nitrogen and oxygen atoms in total. The largest absolute Gasteiger partial charge is 0.370 e. The maximum absolute atomic E-state index is 12.2. The standard InChI is InChI=1S/C17H34N4O/c1-4-5-11-19-16(22)15(13(2)3)21-17(18)20-12-14-9-7-6-8-10-14/h13-15H,4-12H2,1-3H3,(H,19,22)(H3,18,20,21)/t15-/m0/s1. The number of nitrogens with zero attached hydrogens (tertiary/aromatic N) is 1. The van der Waals surface area contributed by atoms with Crippen LogP contribution in [-0.4, -0.2) is 31.0 Å². The fourth-order valence-corrected chi connectivity index (χ4v) is 2.84. The molecule has 0 aromatic carbocycles. The van der Waals surface area contributed by atoms with E-state index in [1.165, 1.54) is 32.1 Å². The van der Waals surface area contributed by atoms with Crippen LogP contribution in [0.3, 0.4) is 0 Å². The number of nitrogens with one attached hydrogen (secondary N) is 2. The van der Waals surface area contributed by atoms with Crippen LogP contribution in [0, 0.1) is 11.8 Å². The fourth-order valence-electron chi connectivity index (χ4n) is 2.84. The Kier molecular flexibility index (Phi) is 8.94. The Bertz CT molecular complexity index is 349. The molecule has 0 radical (unpaired) electrons. The van der Waals surface area contributed by atoms with E-state index < -0.39 is 0 Å². The summed E-state index contributed by atoms with van der Waals surface area (Å²) < 4.78 is 0. The lowest BCUT2D eigenvalue weighted by Crippen LogP contribution is -2.52. The number of hydrogen-bond donors (Lipinski definition) is 3. The van der Waals surface area contributed by atoms with Gasteiger partial charge in [-0.05, 0) is 31.1 Å².